The standard InChI is InChI=1S/C8H15N3O2/c1-7(13)8-6-11(10-9-8)4-2-3-5-12/h6-7,12-13H,2-5H2,1H3. The molecule has 1 aromatic rings. The van der Waals surface area contributed by atoms with Gasteiger partial charge in [-0.25, -0.2) is 0 Å². The van der Waals surface area contributed by atoms with Crippen LogP contribution in [0.1, 0.15) is 31.6 Å². The molecule has 0 fully saturated rings. The Morgan fingerprint density at radius 1 is 1.54 bits per heavy atom. The van der Waals surface area contributed by atoms with Crippen LogP contribution >= 0.6 is 0 Å². The van der Waals surface area contributed by atoms with Crippen molar-refractivity contribution in [3.05, 3.63) is 11.9 Å². The van der Waals surface area contributed by atoms with Gasteiger partial charge >= 0.3 is 0 Å². The highest BCUT2D eigenvalue weighted by Crippen LogP contribution is 2.06. The number of aliphatic hydroxyl groups is 2. The van der Waals surface area contributed by atoms with Crippen molar-refractivity contribution in [1.29, 1.82) is 0 Å². The van der Waals surface area contributed by atoms with E-state index >= 15 is 0 Å². The van der Waals surface area contributed by atoms with Gasteiger partial charge in [-0.3, -0.25) is 4.68 Å². The molecular weight excluding hydrogens is 170 g/mol. The molecule has 0 aliphatic heterocycles. The first-order valence-corrected chi connectivity index (χ1v) is 4.43. The second-order valence-electron chi connectivity index (χ2n) is 3.01. The van der Waals surface area contributed by atoms with E-state index in [1.165, 1.54) is 0 Å². The molecule has 1 rings (SSSR count). The highest BCUT2D eigenvalue weighted by atomic mass is 16.3. The number of aromatic nitrogens is 3. The largest absolute Gasteiger partial charge is 0.396 e. The van der Waals surface area contributed by atoms with Gasteiger partial charge in [0.1, 0.15) is 5.69 Å². The lowest BCUT2D eigenvalue weighted by molar-refractivity contribution is 0.194. The number of aliphatic hydroxyl groups excluding tert-OH is 2. The number of aryl methyl sites for hydroxylation is 1. The Kier molecular flexibility index (Phi) is 3.85. The quantitative estimate of drug-likeness (QED) is 0.638. The van der Waals surface area contributed by atoms with Crippen LogP contribution in [0.2, 0.25) is 0 Å². The van der Waals surface area contributed by atoms with Crippen LogP contribution in [0.25, 0.3) is 0 Å². The summed E-state index contributed by atoms with van der Waals surface area (Å²) in [7, 11) is 0. The van der Waals surface area contributed by atoms with E-state index in [4.69, 9.17) is 10.2 Å². The van der Waals surface area contributed by atoms with Gasteiger partial charge in [0, 0.05) is 13.2 Å². The second kappa shape index (κ2) is 4.94. The molecular formula is C8H15N3O2. The second-order valence-corrected chi connectivity index (χ2v) is 3.01. The van der Waals surface area contributed by atoms with Crippen LogP contribution in [0.5, 0.6) is 0 Å². The van der Waals surface area contributed by atoms with Crippen LogP contribution < -0.4 is 0 Å². The van der Waals surface area contributed by atoms with Crippen LogP contribution in [0.3, 0.4) is 0 Å². The van der Waals surface area contributed by atoms with Gasteiger partial charge in [0.05, 0.1) is 12.3 Å². The Morgan fingerprint density at radius 2 is 2.31 bits per heavy atom. The molecule has 0 radical (unpaired) electrons. The summed E-state index contributed by atoms with van der Waals surface area (Å²) >= 11 is 0. The fourth-order valence-electron chi connectivity index (χ4n) is 1.000. The highest BCUT2D eigenvalue weighted by Gasteiger charge is 2.05. The predicted molar refractivity (Wildman–Crippen MR) is 47.0 cm³/mol. The van der Waals surface area contributed by atoms with Crippen LogP contribution in [0, 0.1) is 0 Å². The van der Waals surface area contributed by atoms with Crippen LogP contribution in [-0.2, 0) is 6.54 Å². The molecule has 74 valence electrons. The maximum atomic E-state index is 9.15. The van der Waals surface area contributed by atoms with Crippen molar-refractivity contribution in [2.75, 3.05) is 6.61 Å². The molecule has 0 amide bonds. The lowest BCUT2D eigenvalue weighted by Gasteiger charge is -1.97. The number of hydrogen-bond acceptors (Lipinski definition) is 4. The molecule has 0 aliphatic rings. The molecule has 1 heterocycles. The van der Waals surface area contributed by atoms with Crippen molar-refractivity contribution in [3.63, 3.8) is 0 Å². The Balaban J connectivity index is 2.40. The van der Waals surface area contributed by atoms with Gasteiger partial charge in [-0.2, -0.15) is 0 Å². The summed E-state index contributed by atoms with van der Waals surface area (Å²) in [5.74, 6) is 0. The van der Waals surface area contributed by atoms with Gasteiger partial charge in [-0.15, -0.1) is 5.10 Å². The zero-order valence-electron chi connectivity index (χ0n) is 7.72. The maximum absolute atomic E-state index is 9.15. The molecule has 1 aromatic heterocycles. The number of hydrogen-bond donors (Lipinski definition) is 2. The molecule has 1 atom stereocenters. The predicted octanol–water partition coefficient (Wildman–Crippen LogP) is 0.104. The first-order valence-electron chi connectivity index (χ1n) is 4.43. The van der Waals surface area contributed by atoms with Crippen molar-refractivity contribution in [3.8, 4) is 0 Å². The molecule has 0 saturated carbocycles. The topological polar surface area (TPSA) is 71.2 Å². The molecule has 0 spiro atoms. The molecule has 1 unspecified atom stereocenters. The van der Waals surface area contributed by atoms with Crippen LogP contribution in [0.4, 0.5) is 0 Å². The van der Waals surface area contributed by atoms with Crippen molar-refractivity contribution in [2.24, 2.45) is 0 Å². The van der Waals surface area contributed by atoms with E-state index in [9.17, 15) is 0 Å². The molecule has 0 bridgehead atoms. The zero-order chi connectivity index (χ0) is 9.68. The van der Waals surface area contributed by atoms with Crippen molar-refractivity contribution in [1.82, 2.24) is 15.0 Å². The van der Waals surface area contributed by atoms with Crippen LogP contribution in [0.15, 0.2) is 6.20 Å². The average molecular weight is 185 g/mol. The minimum Gasteiger partial charge on any atom is -0.396 e. The minimum absolute atomic E-state index is 0.206. The molecule has 13 heavy (non-hydrogen) atoms. The Bertz CT molecular complexity index is 247. The zero-order valence-corrected chi connectivity index (χ0v) is 7.72. The fourth-order valence-corrected chi connectivity index (χ4v) is 1.000. The lowest BCUT2D eigenvalue weighted by Crippen LogP contribution is -1.99. The van der Waals surface area contributed by atoms with Gasteiger partial charge in [-0.1, -0.05) is 5.21 Å². The summed E-state index contributed by atoms with van der Waals surface area (Å²) in [4.78, 5) is 0. The van der Waals surface area contributed by atoms with Gasteiger partial charge < -0.3 is 10.2 Å². The van der Waals surface area contributed by atoms with Gasteiger partial charge in [0.15, 0.2) is 0 Å². The molecule has 0 aromatic carbocycles. The molecule has 5 nitrogen and oxygen atoms in total. The van der Waals surface area contributed by atoms with Gasteiger partial charge in [-0.05, 0) is 19.8 Å². The summed E-state index contributed by atoms with van der Waals surface area (Å²) < 4.78 is 1.68. The molecule has 0 aliphatic carbocycles. The molecule has 5 heteroatoms. The van der Waals surface area contributed by atoms with E-state index in [0.29, 0.717) is 5.69 Å². The third-order valence-corrected chi connectivity index (χ3v) is 1.78. The van der Waals surface area contributed by atoms with E-state index in [0.717, 1.165) is 19.4 Å². The lowest BCUT2D eigenvalue weighted by atomic mass is 10.3. The maximum Gasteiger partial charge on any atom is 0.111 e. The Labute approximate surface area is 77.0 Å². The number of rotatable bonds is 5. The summed E-state index contributed by atoms with van der Waals surface area (Å²) in [5, 5.41) is 25.3. The van der Waals surface area contributed by atoms with E-state index in [1.54, 1.807) is 17.8 Å². The smallest absolute Gasteiger partial charge is 0.111 e. The monoisotopic (exact) mass is 185 g/mol. The first kappa shape index (κ1) is 10.1. The number of nitrogens with zero attached hydrogens (tertiary/aromatic N) is 3. The fraction of sp³-hybridized carbons (Fsp3) is 0.750. The summed E-state index contributed by atoms with van der Waals surface area (Å²) in [5.41, 5.74) is 0.587. The van der Waals surface area contributed by atoms with E-state index in [1.807, 2.05) is 0 Å². The number of unbranched alkanes of at least 4 members (excludes halogenated alkanes) is 1. The van der Waals surface area contributed by atoms with Crippen molar-refractivity contribution < 1.29 is 10.2 Å². The SMILES string of the molecule is CC(O)c1cn(CCCCO)nn1. The molecule has 0 saturated heterocycles. The third-order valence-electron chi connectivity index (χ3n) is 1.78. The summed E-state index contributed by atoms with van der Waals surface area (Å²) in [6.07, 6.45) is 2.80. The van der Waals surface area contributed by atoms with E-state index in [2.05, 4.69) is 10.3 Å². The first-order chi connectivity index (χ1) is 6.24. The van der Waals surface area contributed by atoms with E-state index < -0.39 is 6.10 Å². The van der Waals surface area contributed by atoms with E-state index in [-0.39, 0.29) is 6.61 Å². The Morgan fingerprint density at radius 3 is 2.85 bits per heavy atom. The summed E-state index contributed by atoms with van der Waals surface area (Å²) in [6.45, 7) is 2.60. The van der Waals surface area contributed by atoms with Gasteiger partial charge in [0.25, 0.3) is 0 Å². The average Bonchev–Trinajstić information content (AvgIpc) is 2.53. The van der Waals surface area contributed by atoms with Crippen molar-refractivity contribution in [2.45, 2.75) is 32.4 Å². The highest BCUT2D eigenvalue weighted by molar-refractivity contribution is 4.95. The van der Waals surface area contributed by atoms with Crippen LogP contribution in [-0.4, -0.2) is 31.8 Å². The third kappa shape index (κ3) is 3.12. The molecule has 2 N–H and O–H groups in total. The minimum atomic E-state index is -0.563. The summed E-state index contributed by atoms with van der Waals surface area (Å²) in [6, 6.07) is 0. The van der Waals surface area contributed by atoms with Crippen molar-refractivity contribution >= 4 is 0 Å². The normalized spacial score (nSPS) is 13.2. The Hall–Kier alpha value is -0.940. The van der Waals surface area contributed by atoms with Gasteiger partial charge in [0.2, 0.25) is 0 Å².